The molecule has 0 unspecified atom stereocenters. The van der Waals surface area contributed by atoms with Gasteiger partial charge in [-0.1, -0.05) is 18.2 Å². The Bertz CT molecular complexity index is 1300. The molecule has 0 heterocycles. The lowest BCUT2D eigenvalue weighted by molar-refractivity contribution is 0.102. The SMILES string of the molecule is Nc1ccc(C(=O)Nc2ccc3c(S(=O)(=O)O)cccc3c2S(=O)(=O)O)cc1. The van der Waals surface area contributed by atoms with Crippen molar-refractivity contribution in [2.45, 2.75) is 9.79 Å². The van der Waals surface area contributed by atoms with E-state index in [1.165, 1.54) is 42.5 Å². The molecule has 0 aliphatic carbocycles. The van der Waals surface area contributed by atoms with Gasteiger partial charge in [-0.2, -0.15) is 16.8 Å². The molecule has 0 spiro atoms. The third-order valence-corrected chi connectivity index (χ3v) is 5.80. The summed E-state index contributed by atoms with van der Waals surface area (Å²) in [5.41, 5.74) is 5.91. The number of benzene rings is 3. The van der Waals surface area contributed by atoms with Crippen LogP contribution < -0.4 is 11.1 Å². The molecule has 5 N–H and O–H groups in total. The zero-order valence-electron chi connectivity index (χ0n) is 14.0. The van der Waals surface area contributed by atoms with E-state index < -0.39 is 35.9 Å². The van der Waals surface area contributed by atoms with Gasteiger partial charge in [0.25, 0.3) is 26.1 Å². The van der Waals surface area contributed by atoms with Gasteiger partial charge in [0.2, 0.25) is 0 Å². The van der Waals surface area contributed by atoms with E-state index in [1.807, 2.05) is 0 Å². The lowest BCUT2D eigenvalue weighted by atomic mass is 10.1. The number of nitrogens with two attached hydrogens (primary N) is 1. The minimum Gasteiger partial charge on any atom is -0.399 e. The van der Waals surface area contributed by atoms with Crippen LogP contribution in [0.2, 0.25) is 0 Å². The summed E-state index contributed by atoms with van der Waals surface area (Å²) in [6, 6.07) is 11.7. The molecule has 11 heteroatoms. The number of fused-ring (bicyclic) bond motifs is 1. The van der Waals surface area contributed by atoms with Gasteiger partial charge in [0.1, 0.15) is 9.79 Å². The van der Waals surface area contributed by atoms with E-state index in [0.29, 0.717) is 5.69 Å². The van der Waals surface area contributed by atoms with Crippen LogP contribution in [0, 0.1) is 0 Å². The normalized spacial score (nSPS) is 12.1. The molecule has 3 rings (SSSR count). The number of carbonyl (C=O) groups excluding carboxylic acids is 1. The largest absolute Gasteiger partial charge is 0.399 e. The molecule has 146 valence electrons. The monoisotopic (exact) mass is 422 g/mol. The zero-order chi connectivity index (χ0) is 20.7. The molecular formula is C17H14N2O7S2. The highest BCUT2D eigenvalue weighted by Gasteiger charge is 2.24. The molecule has 3 aromatic rings. The lowest BCUT2D eigenvalue weighted by Crippen LogP contribution is -2.15. The Morgan fingerprint density at radius 3 is 2.04 bits per heavy atom. The fourth-order valence-electron chi connectivity index (χ4n) is 2.73. The number of rotatable bonds is 4. The van der Waals surface area contributed by atoms with Crippen LogP contribution >= 0.6 is 0 Å². The fourth-order valence-corrected chi connectivity index (χ4v) is 4.29. The van der Waals surface area contributed by atoms with Crippen LogP contribution in [0.1, 0.15) is 10.4 Å². The van der Waals surface area contributed by atoms with Crippen LogP contribution in [0.15, 0.2) is 64.4 Å². The number of anilines is 2. The van der Waals surface area contributed by atoms with Gasteiger partial charge in [-0.05, 0) is 36.4 Å². The number of hydrogen-bond acceptors (Lipinski definition) is 6. The van der Waals surface area contributed by atoms with Gasteiger partial charge >= 0.3 is 0 Å². The van der Waals surface area contributed by atoms with Crippen molar-refractivity contribution in [1.82, 2.24) is 0 Å². The molecule has 0 aliphatic heterocycles. The van der Waals surface area contributed by atoms with Crippen LogP contribution in [0.3, 0.4) is 0 Å². The molecular weight excluding hydrogens is 408 g/mol. The number of amides is 1. The predicted molar refractivity (Wildman–Crippen MR) is 102 cm³/mol. The van der Waals surface area contributed by atoms with Crippen molar-refractivity contribution in [2.24, 2.45) is 0 Å². The summed E-state index contributed by atoms with van der Waals surface area (Å²) >= 11 is 0. The van der Waals surface area contributed by atoms with Gasteiger partial charge in [-0.15, -0.1) is 0 Å². The topological polar surface area (TPSA) is 164 Å². The van der Waals surface area contributed by atoms with E-state index in [-0.39, 0.29) is 22.0 Å². The summed E-state index contributed by atoms with van der Waals surface area (Å²) in [6.07, 6.45) is 0. The first-order valence-electron chi connectivity index (χ1n) is 7.66. The molecule has 28 heavy (non-hydrogen) atoms. The van der Waals surface area contributed by atoms with E-state index in [4.69, 9.17) is 5.73 Å². The molecule has 9 nitrogen and oxygen atoms in total. The maximum Gasteiger partial charge on any atom is 0.297 e. The molecule has 0 fully saturated rings. The minimum atomic E-state index is -4.87. The zero-order valence-corrected chi connectivity index (χ0v) is 15.7. The first-order valence-corrected chi connectivity index (χ1v) is 10.5. The quantitative estimate of drug-likeness (QED) is 0.367. The molecule has 1 amide bonds. The van der Waals surface area contributed by atoms with E-state index in [1.54, 1.807) is 0 Å². The van der Waals surface area contributed by atoms with Crippen molar-refractivity contribution in [3.8, 4) is 0 Å². The van der Waals surface area contributed by atoms with Crippen LogP contribution in [0.25, 0.3) is 10.8 Å². The third-order valence-electron chi connectivity index (χ3n) is 3.93. The molecule has 0 saturated heterocycles. The average Bonchev–Trinajstić information content (AvgIpc) is 2.59. The second kappa shape index (κ2) is 6.87. The van der Waals surface area contributed by atoms with Crippen molar-refractivity contribution in [2.75, 3.05) is 11.1 Å². The second-order valence-electron chi connectivity index (χ2n) is 5.82. The van der Waals surface area contributed by atoms with E-state index in [9.17, 15) is 30.7 Å². The van der Waals surface area contributed by atoms with Crippen LogP contribution in [0.4, 0.5) is 11.4 Å². The van der Waals surface area contributed by atoms with Crippen molar-refractivity contribution < 1.29 is 30.7 Å². The lowest BCUT2D eigenvalue weighted by Gasteiger charge is -2.13. The molecule has 0 radical (unpaired) electrons. The van der Waals surface area contributed by atoms with Gasteiger partial charge in [0.05, 0.1) is 5.69 Å². The van der Waals surface area contributed by atoms with Crippen molar-refractivity contribution in [3.63, 3.8) is 0 Å². The fraction of sp³-hybridized carbons (Fsp3) is 0. The smallest absolute Gasteiger partial charge is 0.297 e. The predicted octanol–water partition coefficient (Wildman–Crippen LogP) is 2.17. The molecule has 0 saturated carbocycles. The maximum atomic E-state index is 12.4. The van der Waals surface area contributed by atoms with Crippen molar-refractivity contribution >= 4 is 48.3 Å². The Morgan fingerprint density at radius 1 is 0.821 bits per heavy atom. The second-order valence-corrected chi connectivity index (χ2v) is 8.57. The Balaban J connectivity index is 2.21. The van der Waals surface area contributed by atoms with Crippen LogP contribution in [0.5, 0.6) is 0 Å². The summed E-state index contributed by atoms with van der Waals surface area (Å²) < 4.78 is 66.0. The summed E-state index contributed by atoms with van der Waals surface area (Å²) in [5.74, 6) is -0.671. The standard InChI is InChI=1S/C17H14N2O7S2/c18-11-6-4-10(5-7-11)17(20)19-14-9-8-12-13(16(14)28(24,25)26)2-1-3-15(12)27(21,22)23/h1-9H,18H2,(H,19,20)(H,21,22,23)(H,24,25,26). The van der Waals surface area contributed by atoms with Gasteiger partial charge < -0.3 is 11.1 Å². The number of hydrogen-bond donors (Lipinski definition) is 4. The summed E-state index contributed by atoms with van der Waals surface area (Å²) in [5, 5.41) is 2.05. The van der Waals surface area contributed by atoms with Gasteiger partial charge in [0.15, 0.2) is 0 Å². The molecule has 0 atom stereocenters. The Morgan fingerprint density at radius 2 is 1.46 bits per heavy atom. The number of nitrogens with one attached hydrogen (secondary N) is 1. The summed E-state index contributed by atoms with van der Waals surface area (Å²) in [4.78, 5) is 11.2. The Hall–Kier alpha value is -2.99. The summed E-state index contributed by atoms with van der Waals surface area (Å²) in [7, 11) is -9.52. The van der Waals surface area contributed by atoms with E-state index in [0.717, 1.165) is 12.1 Å². The van der Waals surface area contributed by atoms with Crippen LogP contribution in [-0.4, -0.2) is 31.8 Å². The van der Waals surface area contributed by atoms with Crippen molar-refractivity contribution in [3.05, 3.63) is 60.2 Å². The average molecular weight is 422 g/mol. The maximum absolute atomic E-state index is 12.4. The first kappa shape index (κ1) is 19.8. The molecule has 3 aromatic carbocycles. The molecule has 0 aliphatic rings. The number of nitrogen functional groups attached to an aromatic ring is 1. The van der Waals surface area contributed by atoms with E-state index >= 15 is 0 Å². The highest BCUT2D eigenvalue weighted by molar-refractivity contribution is 7.86. The third kappa shape index (κ3) is 3.82. The van der Waals surface area contributed by atoms with Gasteiger partial charge in [-0.3, -0.25) is 13.9 Å². The molecule has 0 bridgehead atoms. The van der Waals surface area contributed by atoms with E-state index in [2.05, 4.69) is 5.32 Å². The number of carbonyl (C=O) groups is 1. The van der Waals surface area contributed by atoms with Crippen LogP contribution in [-0.2, 0) is 20.2 Å². The van der Waals surface area contributed by atoms with Crippen molar-refractivity contribution in [1.29, 1.82) is 0 Å². The Labute approximate surface area is 160 Å². The molecule has 0 aromatic heterocycles. The highest BCUT2D eigenvalue weighted by Crippen LogP contribution is 2.34. The summed E-state index contributed by atoms with van der Waals surface area (Å²) in [6.45, 7) is 0. The highest BCUT2D eigenvalue weighted by atomic mass is 32.2. The van der Waals surface area contributed by atoms with Gasteiger partial charge in [-0.25, -0.2) is 0 Å². The van der Waals surface area contributed by atoms with Gasteiger partial charge in [0, 0.05) is 22.0 Å². The Kier molecular flexibility index (Phi) is 4.85. The first-order chi connectivity index (χ1) is 13.0. The minimum absolute atomic E-state index is 0.136.